The summed E-state index contributed by atoms with van der Waals surface area (Å²) >= 11 is 5.60. The standard InChI is InChI=1S/C17H21BrN2S/c1-11(19)9-13-3-4-14(10-16(13)18)20-7-5-17-15(12(20)2)6-8-21-17/h3-4,6,8,10-12H,5,7,9,19H2,1-2H3. The summed E-state index contributed by atoms with van der Waals surface area (Å²) in [6, 6.07) is 9.59. The van der Waals surface area contributed by atoms with Crippen LogP contribution >= 0.6 is 27.3 Å². The van der Waals surface area contributed by atoms with Gasteiger partial charge in [-0.25, -0.2) is 0 Å². The van der Waals surface area contributed by atoms with E-state index in [9.17, 15) is 0 Å². The maximum Gasteiger partial charge on any atom is 0.0525 e. The molecule has 21 heavy (non-hydrogen) atoms. The summed E-state index contributed by atoms with van der Waals surface area (Å²) in [5.74, 6) is 0. The lowest BCUT2D eigenvalue weighted by Crippen LogP contribution is -2.33. The molecule has 2 heterocycles. The van der Waals surface area contributed by atoms with Gasteiger partial charge in [0.15, 0.2) is 0 Å². The van der Waals surface area contributed by atoms with Crippen molar-refractivity contribution in [3.05, 3.63) is 50.1 Å². The molecule has 0 saturated carbocycles. The Morgan fingerprint density at radius 3 is 2.95 bits per heavy atom. The van der Waals surface area contributed by atoms with Crippen molar-refractivity contribution >= 4 is 33.0 Å². The topological polar surface area (TPSA) is 29.3 Å². The molecule has 2 N–H and O–H groups in total. The van der Waals surface area contributed by atoms with Gasteiger partial charge < -0.3 is 10.6 Å². The van der Waals surface area contributed by atoms with E-state index in [0.29, 0.717) is 6.04 Å². The first-order valence-corrected chi connectivity index (χ1v) is 9.10. The zero-order chi connectivity index (χ0) is 15.0. The average Bonchev–Trinajstić information content (AvgIpc) is 2.90. The van der Waals surface area contributed by atoms with Gasteiger partial charge >= 0.3 is 0 Å². The van der Waals surface area contributed by atoms with E-state index < -0.39 is 0 Å². The van der Waals surface area contributed by atoms with E-state index in [1.54, 1.807) is 4.88 Å². The van der Waals surface area contributed by atoms with Crippen molar-refractivity contribution in [3.63, 3.8) is 0 Å². The van der Waals surface area contributed by atoms with Crippen LogP contribution in [0.2, 0.25) is 0 Å². The van der Waals surface area contributed by atoms with Crippen LogP contribution in [0.1, 0.15) is 35.9 Å². The van der Waals surface area contributed by atoms with Gasteiger partial charge in [0.2, 0.25) is 0 Å². The lowest BCUT2D eigenvalue weighted by atomic mass is 10.00. The van der Waals surface area contributed by atoms with E-state index in [0.717, 1.165) is 19.4 Å². The molecule has 2 nitrogen and oxygen atoms in total. The lowest BCUT2D eigenvalue weighted by Gasteiger charge is -2.36. The highest BCUT2D eigenvalue weighted by molar-refractivity contribution is 9.10. The third kappa shape index (κ3) is 3.03. The molecule has 1 aliphatic heterocycles. The molecule has 0 aliphatic carbocycles. The molecule has 0 spiro atoms. The maximum atomic E-state index is 5.91. The Morgan fingerprint density at radius 1 is 1.43 bits per heavy atom. The molecular formula is C17H21BrN2S. The SMILES string of the molecule is CC(N)Cc1ccc(N2CCc3sccc3C2C)cc1Br. The highest BCUT2D eigenvalue weighted by atomic mass is 79.9. The minimum absolute atomic E-state index is 0.189. The first-order valence-electron chi connectivity index (χ1n) is 7.43. The zero-order valence-corrected chi connectivity index (χ0v) is 14.9. The fraction of sp³-hybridized carbons (Fsp3) is 0.412. The summed E-state index contributed by atoms with van der Waals surface area (Å²) in [6.07, 6.45) is 2.06. The first kappa shape index (κ1) is 15.1. The van der Waals surface area contributed by atoms with E-state index in [4.69, 9.17) is 5.73 Å². The molecule has 1 aliphatic rings. The lowest BCUT2D eigenvalue weighted by molar-refractivity contribution is 0.632. The van der Waals surface area contributed by atoms with Crippen LogP contribution < -0.4 is 10.6 Å². The molecule has 2 aromatic rings. The summed E-state index contributed by atoms with van der Waals surface area (Å²) in [5.41, 5.74) is 9.97. The molecule has 4 heteroatoms. The number of nitrogens with zero attached hydrogens (tertiary/aromatic N) is 1. The Kier molecular flexibility index (Phi) is 4.38. The van der Waals surface area contributed by atoms with Crippen LogP contribution in [0.4, 0.5) is 5.69 Å². The summed E-state index contributed by atoms with van der Waals surface area (Å²) in [5, 5.41) is 2.21. The van der Waals surface area contributed by atoms with Gasteiger partial charge in [-0.05, 0) is 61.4 Å². The van der Waals surface area contributed by atoms with Crippen molar-refractivity contribution in [2.45, 2.75) is 38.8 Å². The van der Waals surface area contributed by atoms with E-state index in [1.807, 2.05) is 18.3 Å². The molecule has 3 rings (SSSR count). The van der Waals surface area contributed by atoms with Gasteiger partial charge in [-0.1, -0.05) is 22.0 Å². The number of hydrogen-bond acceptors (Lipinski definition) is 3. The summed E-state index contributed by atoms with van der Waals surface area (Å²) in [6.45, 7) is 5.44. The number of rotatable bonds is 3. The van der Waals surface area contributed by atoms with Crippen LogP contribution in [-0.2, 0) is 12.8 Å². The Labute approximate surface area is 139 Å². The number of thiophene rings is 1. The molecule has 0 radical (unpaired) electrons. The van der Waals surface area contributed by atoms with Gasteiger partial charge in [0.25, 0.3) is 0 Å². The molecule has 1 aromatic carbocycles. The number of fused-ring (bicyclic) bond motifs is 1. The Balaban J connectivity index is 1.86. The van der Waals surface area contributed by atoms with Gasteiger partial charge in [-0.2, -0.15) is 0 Å². The van der Waals surface area contributed by atoms with Crippen LogP contribution in [0.3, 0.4) is 0 Å². The number of hydrogen-bond donors (Lipinski definition) is 1. The van der Waals surface area contributed by atoms with Crippen molar-refractivity contribution < 1.29 is 0 Å². The monoisotopic (exact) mass is 364 g/mol. The predicted octanol–water partition coefficient (Wildman–Crippen LogP) is 4.52. The zero-order valence-electron chi connectivity index (χ0n) is 12.5. The average molecular weight is 365 g/mol. The van der Waals surface area contributed by atoms with Gasteiger partial charge in [0, 0.05) is 27.6 Å². The summed E-state index contributed by atoms with van der Waals surface area (Å²) in [4.78, 5) is 4.04. The van der Waals surface area contributed by atoms with Crippen molar-refractivity contribution in [1.82, 2.24) is 0 Å². The van der Waals surface area contributed by atoms with Gasteiger partial charge in [-0.3, -0.25) is 0 Å². The number of nitrogens with two attached hydrogens (primary N) is 1. The fourth-order valence-corrected chi connectivity index (χ4v) is 4.58. The van der Waals surface area contributed by atoms with Crippen LogP contribution in [0.15, 0.2) is 34.1 Å². The predicted molar refractivity (Wildman–Crippen MR) is 95.3 cm³/mol. The quantitative estimate of drug-likeness (QED) is 0.866. The maximum absolute atomic E-state index is 5.91. The molecule has 1 aromatic heterocycles. The Bertz CT molecular complexity index is 635. The van der Waals surface area contributed by atoms with Gasteiger partial charge in [0.1, 0.15) is 0 Å². The van der Waals surface area contributed by atoms with Crippen LogP contribution in [0.5, 0.6) is 0 Å². The van der Waals surface area contributed by atoms with Crippen molar-refractivity contribution in [2.24, 2.45) is 5.73 Å². The third-order valence-electron chi connectivity index (χ3n) is 4.19. The molecule has 2 atom stereocenters. The van der Waals surface area contributed by atoms with E-state index >= 15 is 0 Å². The largest absolute Gasteiger partial charge is 0.364 e. The minimum atomic E-state index is 0.189. The van der Waals surface area contributed by atoms with Crippen LogP contribution in [-0.4, -0.2) is 12.6 Å². The number of anilines is 1. The molecule has 0 saturated heterocycles. The first-order chi connectivity index (χ1) is 10.1. The normalized spacial score (nSPS) is 19.4. The summed E-state index contributed by atoms with van der Waals surface area (Å²) < 4.78 is 1.17. The molecule has 0 bridgehead atoms. The van der Waals surface area contributed by atoms with Crippen LogP contribution in [0, 0.1) is 0 Å². The second-order valence-corrected chi connectivity index (χ2v) is 7.73. The van der Waals surface area contributed by atoms with Crippen molar-refractivity contribution in [2.75, 3.05) is 11.4 Å². The van der Waals surface area contributed by atoms with Gasteiger partial charge in [0.05, 0.1) is 6.04 Å². The van der Waals surface area contributed by atoms with Gasteiger partial charge in [-0.15, -0.1) is 11.3 Å². The highest BCUT2D eigenvalue weighted by Crippen LogP contribution is 2.37. The van der Waals surface area contributed by atoms with Crippen molar-refractivity contribution in [1.29, 1.82) is 0 Å². The second kappa shape index (κ2) is 6.11. The van der Waals surface area contributed by atoms with Crippen molar-refractivity contribution in [3.8, 4) is 0 Å². The highest BCUT2D eigenvalue weighted by Gasteiger charge is 2.25. The smallest absolute Gasteiger partial charge is 0.0525 e. The fourth-order valence-electron chi connectivity index (χ4n) is 3.09. The number of halogens is 1. The van der Waals surface area contributed by atoms with E-state index in [-0.39, 0.29) is 6.04 Å². The molecule has 112 valence electrons. The molecular weight excluding hydrogens is 344 g/mol. The van der Waals surface area contributed by atoms with E-state index in [2.05, 4.69) is 57.4 Å². The summed E-state index contributed by atoms with van der Waals surface area (Å²) in [7, 11) is 0. The number of benzene rings is 1. The molecule has 0 fully saturated rings. The third-order valence-corrected chi connectivity index (χ3v) is 5.92. The second-order valence-electron chi connectivity index (χ2n) is 5.88. The Hall–Kier alpha value is -0.840. The Morgan fingerprint density at radius 2 is 2.24 bits per heavy atom. The van der Waals surface area contributed by atoms with E-state index in [1.165, 1.54) is 21.3 Å². The molecule has 2 unspecified atom stereocenters. The molecule has 0 amide bonds. The van der Waals surface area contributed by atoms with Crippen LogP contribution in [0.25, 0.3) is 0 Å². The minimum Gasteiger partial charge on any atom is -0.364 e.